The van der Waals surface area contributed by atoms with E-state index in [1.165, 1.54) is 4.90 Å². The second kappa shape index (κ2) is 14.3. The van der Waals surface area contributed by atoms with Crippen molar-refractivity contribution in [1.82, 2.24) is 5.32 Å². The quantitative estimate of drug-likeness (QED) is 0.217. The summed E-state index contributed by atoms with van der Waals surface area (Å²) in [6.45, 7) is 3.67. The summed E-state index contributed by atoms with van der Waals surface area (Å²) in [7, 11) is 1.58. The summed E-state index contributed by atoms with van der Waals surface area (Å²) in [5.41, 5.74) is 2.38. The smallest absolute Gasteiger partial charge is 0.258 e. The number of amides is 3. The lowest BCUT2D eigenvalue weighted by Gasteiger charge is -2.27. The Morgan fingerprint density at radius 2 is 1.82 bits per heavy atom. The molecule has 1 N–H and O–H groups in total. The second-order valence-corrected chi connectivity index (χ2v) is 12.0. The van der Waals surface area contributed by atoms with E-state index in [0.717, 1.165) is 20.8 Å². The first kappa shape index (κ1) is 33.8. The maximum absolute atomic E-state index is 14.5. The van der Waals surface area contributed by atoms with Crippen LogP contribution in [0.4, 0.5) is 11.4 Å². The standard InChI is InChI=1S/C34H30BrClN4O4.ClH/c1-4-20(2)32(41)38-28-19-40(33(42)22-7-5-21(17-37)6-8-22)30-16-25(36)11-13-29(30)39(34(28)43)18-27-26-12-10-24(35)15-23(26)9-14-31(27)44-3;/h5-16,20,28H,4,18-19H2,1-3H3,(H,38,41);1H/t20-,28+;/m1./s1. The third kappa shape index (κ3) is 6.94. The van der Waals surface area contributed by atoms with Gasteiger partial charge in [0, 0.05) is 26.5 Å². The van der Waals surface area contributed by atoms with E-state index in [1.807, 2.05) is 37.3 Å². The molecule has 11 heteroatoms. The predicted octanol–water partition coefficient (Wildman–Crippen LogP) is 7.28. The normalized spacial score (nSPS) is 14.9. The molecule has 0 saturated carbocycles. The van der Waals surface area contributed by atoms with Gasteiger partial charge in [0.2, 0.25) is 5.91 Å². The number of nitrogens with zero attached hydrogens (tertiary/aromatic N) is 3. The molecule has 0 radical (unpaired) electrons. The first-order valence-electron chi connectivity index (χ1n) is 14.1. The van der Waals surface area contributed by atoms with Crippen LogP contribution in [0.2, 0.25) is 5.02 Å². The third-order valence-corrected chi connectivity index (χ3v) is 8.65. The summed E-state index contributed by atoms with van der Waals surface area (Å²) in [5, 5.41) is 14.4. The van der Waals surface area contributed by atoms with Crippen molar-refractivity contribution in [3.63, 3.8) is 0 Å². The summed E-state index contributed by atoms with van der Waals surface area (Å²) in [6.07, 6.45) is 0.586. The van der Waals surface area contributed by atoms with Gasteiger partial charge in [0.05, 0.1) is 43.2 Å². The highest BCUT2D eigenvalue weighted by molar-refractivity contribution is 9.10. The number of fused-ring (bicyclic) bond motifs is 2. The Labute approximate surface area is 281 Å². The zero-order valence-electron chi connectivity index (χ0n) is 24.8. The molecule has 4 aromatic rings. The van der Waals surface area contributed by atoms with Gasteiger partial charge >= 0.3 is 0 Å². The Morgan fingerprint density at radius 3 is 2.49 bits per heavy atom. The van der Waals surface area contributed by atoms with Crippen LogP contribution in [-0.2, 0) is 16.1 Å². The van der Waals surface area contributed by atoms with E-state index >= 15 is 0 Å². The average molecular weight is 710 g/mol. The summed E-state index contributed by atoms with van der Waals surface area (Å²) in [6, 6.07) is 22.0. The highest BCUT2D eigenvalue weighted by Gasteiger charge is 2.38. The zero-order chi connectivity index (χ0) is 31.5. The van der Waals surface area contributed by atoms with Crippen LogP contribution in [0.1, 0.15) is 41.8 Å². The number of halogens is 3. The minimum atomic E-state index is -1.06. The first-order chi connectivity index (χ1) is 21.1. The Kier molecular flexibility index (Phi) is 10.8. The molecule has 1 heterocycles. The molecule has 2 atom stereocenters. The number of hydrogen-bond donors (Lipinski definition) is 1. The van der Waals surface area contributed by atoms with E-state index in [4.69, 9.17) is 16.3 Å². The Bertz CT molecular complexity index is 1810. The summed E-state index contributed by atoms with van der Waals surface area (Å²) >= 11 is 10.0. The molecule has 232 valence electrons. The van der Waals surface area contributed by atoms with Crippen molar-refractivity contribution in [2.24, 2.45) is 5.92 Å². The van der Waals surface area contributed by atoms with E-state index in [0.29, 0.717) is 39.7 Å². The fourth-order valence-electron chi connectivity index (χ4n) is 5.27. The molecule has 0 aliphatic carbocycles. The van der Waals surface area contributed by atoms with Crippen molar-refractivity contribution in [3.8, 4) is 11.8 Å². The number of carbonyl (C=O) groups is 3. The van der Waals surface area contributed by atoms with Gasteiger partial charge in [-0.05, 0) is 77.9 Å². The molecular formula is C34H31BrCl2N4O4. The summed E-state index contributed by atoms with van der Waals surface area (Å²) in [5.74, 6) is -0.804. The number of carbonyl (C=O) groups excluding carboxylic acids is 3. The number of nitrogens with one attached hydrogen (secondary N) is 1. The van der Waals surface area contributed by atoms with Crippen LogP contribution in [-0.4, -0.2) is 37.4 Å². The van der Waals surface area contributed by atoms with E-state index < -0.39 is 11.9 Å². The van der Waals surface area contributed by atoms with Crippen molar-refractivity contribution in [1.29, 1.82) is 5.26 Å². The molecule has 0 aromatic heterocycles. The van der Waals surface area contributed by atoms with E-state index in [9.17, 15) is 19.6 Å². The zero-order valence-corrected chi connectivity index (χ0v) is 28.0. The van der Waals surface area contributed by atoms with E-state index in [-0.39, 0.29) is 43.2 Å². The van der Waals surface area contributed by atoms with Gasteiger partial charge < -0.3 is 19.9 Å². The molecule has 3 amide bonds. The van der Waals surface area contributed by atoms with Crippen molar-refractivity contribution in [2.75, 3.05) is 23.5 Å². The molecule has 0 spiro atoms. The van der Waals surface area contributed by atoms with Gasteiger partial charge in [-0.3, -0.25) is 14.4 Å². The molecule has 1 aliphatic rings. The molecule has 0 saturated heterocycles. The first-order valence-corrected chi connectivity index (χ1v) is 15.3. The molecule has 0 unspecified atom stereocenters. The van der Waals surface area contributed by atoms with Gasteiger partial charge in [-0.25, -0.2) is 0 Å². The lowest BCUT2D eigenvalue weighted by molar-refractivity contribution is -0.129. The largest absolute Gasteiger partial charge is 0.496 e. The number of nitriles is 1. The Hall–Kier alpha value is -4.10. The van der Waals surface area contributed by atoms with Gasteiger partial charge in [-0.2, -0.15) is 5.26 Å². The van der Waals surface area contributed by atoms with Crippen LogP contribution in [0.3, 0.4) is 0 Å². The van der Waals surface area contributed by atoms with Gasteiger partial charge in [0.15, 0.2) is 0 Å². The van der Waals surface area contributed by atoms with Crippen molar-refractivity contribution in [2.45, 2.75) is 32.9 Å². The Morgan fingerprint density at radius 1 is 1.09 bits per heavy atom. The molecule has 5 rings (SSSR count). The minimum Gasteiger partial charge on any atom is -0.496 e. The molecule has 8 nitrogen and oxygen atoms in total. The van der Waals surface area contributed by atoms with Gasteiger partial charge in [0.25, 0.3) is 11.8 Å². The summed E-state index contributed by atoms with van der Waals surface area (Å²) in [4.78, 5) is 44.7. The lowest BCUT2D eigenvalue weighted by atomic mass is 10.0. The predicted molar refractivity (Wildman–Crippen MR) is 182 cm³/mol. The molecular weight excluding hydrogens is 679 g/mol. The number of anilines is 2. The van der Waals surface area contributed by atoms with Crippen LogP contribution in [0.5, 0.6) is 5.75 Å². The van der Waals surface area contributed by atoms with E-state index in [2.05, 4.69) is 27.3 Å². The van der Waals surface area contributed by atoms with Crippen LogP contribution >= 0.6 is 39.9 Å². The number of rotatable bonds is 7. The highest BCUT2D eigenvalue weighted by Crippen LogP contribution is 2.39. The second-order valence-electron chi connectivity index (χ2n) is 10.6. The van der Waals surface area contributed by atoms with Crippen molar-refractivity contribution >= 4 is 79.8 Å². The van der Waals surface area contributed by atoms with Crippen LogP contribution in [0.15, 0.2) is 77.3 Å². The van der Waals surface area contributed by atoms with Crippen LogP contribution in [0.25, 0.3) is 10.8 Å². The fourth-order valence-corrected chi connectivity index (χ4v) is 5.81. The summed E-state index contributed by atoms with van der Waals surface area (Å²) < 4.78 is 6.66. The Balaban J connectivity index is 0.00000461. The van der Waals surface area contributed by atoms with Gasteiger partial charge in [-0.15, -0.1) is 12.4 Å². The maximum atomic E-state index is 14.5. The topological polar surface area (TPSA) is 103 Å². The SMILES string of the molecule is CC[C@@H](C)C(=O)N[C@H]1CN(C(=O)c2ccc(C#N)cc2)c2cc(Cl)ccc2N(Cc2c(OC)ccc3cc(Br)ccc23)C1=O.Cl. The number of benzene rings is 4. The lowest BCUT2D eigenvalue weighted by Crippen LogP contribution is -2.53. The molecule has 1 aliphatic heterocycles. The van der Waals surface area contributed by atoms with Gasteiger partial charge in [0.1, 0.15) is 11.8 Å². The number of ether oxygens (including phenoxy) is 1. The van der Waals surface area contributed by atoms with Crippen molar-refractivity contribution in [3.05, 3.63) is 99.0 Å². The molecule has 45 heavy (non-hydrogen) atoms. The molecule has 4 aromatic carbocycles. The highest BCUT2D eigenvalue weighted by atomic mass is 79.9. The number of methoxy groups -OCH3 is 1. The monoisotopic (exact) mass is 708 g/mol. The average Bonchev–Trinajstić information content (AvgIpc) is 3.14. The minimum absolute atomic E-state index is 0. The maximum Gasteiger partial charge on any atom is 0.258 e. The fraction of sp³-hybridized carbons (Fsp3) is 0.235. The molecule has 0 fully saturated rings. The number of hydrogen-bond acceptors (Lipinski definition) is 5. The van der Waals surface area contributed by atoms with Crippen molar-refractivity contribution < 1.29 is 19.1 Å². The van der Waals surface area contributed by atoms with Crippen LogP contribution < -0.4 is 19.9 Å². The molecule has 0 bridgehead atoms. The van der Waals surface area contributed by atoms with E-state index in [1.54, 1.807) is 61.4 Å². The van der Waals surface area contributed by atoms with Gasteiger partial charge in [-0.1, -0.05) is 53.5 Å². The van der Waals surface area contributed by atoms with Crippen LogP contribution in [0, 0.1) is 17.2 Å². The third-order valence-electron chi connectivity index (χ3n) is 7.92.